The Morgan fingerprint density at radius 3 is 2.70 bits per heavy atom. The van der Waals surface area contributed by atoms with Gasteiger partial charge in [-0.15, -0.1) is 0 Å². The molecule has 4 rings (SSSR count). The highest BCUT2D eigenvalue weighted by molar-refractivity contribution is 6.02. The number of nitrogens with zero attached hydrogens (tertiary/aromatic N) is 1. The van der Waals surface area contributed by atoms with E-state index in [4.69, 9.17) is 4.74 Å². The van der Waals surface area contributed by atoms with Crippen LogP contribution in [0.5, 0.6) is 0 Å². The van der Waals surface area contributed by atoms with Gasteiger partial charge in [0.1, 0.15) is 5.82 Å². The molecule has 1 fully saturated rings. The lowest BCUT2D eigenvalue weighted by molar-refractivity contribution is -0.119. The second-order valence-electron chi connectivity index (χ2n) is 6.72. The molecule has 4 nitrogen and oxygen atoms in total. The zero-order valence-corrected chi connectivity index (χ0v) is 14.9. The Morgan fingerprint density at radius 2 is 1.85 bits per heavy atom. The quantitative estimate of drug-likeness (QED) is 0.761. The van der Waals surface area contributed by atoms with Crippen molar-refractivity contribution >= 4 is 22.4 Å². The van der Waals surface area contributed by atoms with Crippen LogP contribution in [-0.4, -0.2) is 37.0 Å². The van der Waals surface area contributed by atoms with Crippen molar-refractivity contribution in [3.8, 4) is 0 Å². The predicted octanol–water partition coefficient (Wildman–Crippen LogP) is 3.99. The molecule has 1 heterocycles. The lowest BCUT2D eigenvalue weighted by Crippen LogP contribution is -2.42. The van der Waals surface area contributed by atoms with Crippen molar-refractivity contribution in [3.05, 3.63) is 78.1 Å². The fraction of sp³-hybridized carbons (Fsp3) is 0.227. The molecule has 0 spiro atoms. The van der Waals surface area contributed by atoms with Crippen molar-refractivity contribution in [1.82, 2.24) is 4.90 Å². The van der Waals surface area contributed by atoms with Crippen LogP contribution in [-0.2, 0) is 9.53 Å². The number of fused-ring (bicyclic) bond motifs is 1. The van der Waals surface area contributed by atoms with E-state index in [0.717, 1.165) is 22.0 Å². The van der Waals surface area contributed by atoms with Crippen LogP contribution < -0.4 is 5.32 Å². The lowest BCUT2D eigenvalue weighted by Gasteiger charge is -2.32. The monoisotopic (exact) mass is 364 g/mol. The summed E-state index contributed by atoms with van der Waals surface area (Å²) in [4.78, 5) is 14.6. The Bertz CT molecular complexity index is 937. The number of nitrogens with one attached hydrogen (secondary N) is 1. The minimum atomic E-state index is -0.263. The van der Waals surface area contributed by atoms with Gasteiger partial charge in [-0.1, -0.05) is 48.5 Å². The SMILES string of the molecule is O=C(CN1CCOC(c2ccc(F)cc2)C1)Nc1cccc2ccccc12. The second kappa shape index (κ2) is 7.86. The van der Waals surface area contributed by atoms with Crippen molar-refractivity contribution in [2.75, 3.05) is 31.6 Å². The molecular formula is C22H21FN2O2. The van der Waals surface area contributed by atoms with E-state index in [2.05, 4.69) is 10.2 Å². The van der Waals surface area contributed by atoms with Crippen molar-refractivity contribution in [2.45, 2.75) is 6.10 Å². The molecule has 1 N–H and O–H groups in total. The Balaban J connectivity index is 1.41. The van der Waals surface area contributed by atoms with E-state index in [1.165, 1.54) is 12.1 Å². The van der Waals surface area contributed by atoms with Crippen LogP contribution in [0.25, 0.3) is 10.8 Å². The standard InChI is InChI=1S/C22H21FN2O2/c23-18-10-8-17(9-11-18)21-14-25(12-13-27-21)15-22(26)24-20-7-3-5-16-4-1-2-6-19(16)20/h1-11,21H,12-15H2,(H,24,26). The lowest BCUT2D eigenvalue weighted by atomic mass is 10.1. The fourth-order valence-electron chi connectivity index (χ4n) is 3.45. The highest BCUT2D eigenvalue weighted by Crippen LogP contribution is 2.24. The van der Waals surface area contributed by atoms with E-state index in [9.17, 15) is 9.18 Å². The maximum atomic E-state index is 13.1. The molecule has 5 heteroatoms. The number of ether oxygens (including phenoxy) is 1. The Morgan fingerprint density at radius 1 is 1.07 bits per heavy atom. The topological polar surface area (TPSA) is 41.6 Å². The maximum absolute atomic E-state index is 13.1. The molecule has 1 unspecified atom stereocenters. The Kier molecular flexibility index (Phi) is 5.14. The van der Waals surface area contributed by atoms with Gasteiger partial charge in [-0.25, -0.2) is 4.39 Å². The van der Waals surface area contributed by atoms with Gasteiger partial charge in [-0.3, -0.25) is 9.69 Å². The third-order valence-corrected chi connectivity index (χ3v) is 4.82. The highest BCUT2D eigenvalue weighted by atomic mass is 19.1. The van der Waals surface area contributed by atoms with Gasteiger partial charge in [0, 0.05) is 24.2 Å². The summed E-state index contributed by atoms with van der Waals surface area (Å²) in [5, 5.41) is 5.15. The number of carbonyl (C=O) groups excluding carboxylic acids is 1. The first-order valence-electron chi connectivity index (χ1n) is 9.06. The van der Waals surface area contributed by atoms with Gasteiger partial charge < -0.3 is 10.1 Å². The van der Waals surface area contributed by atoms with Crippen molar-refractivity contribution < 1.29 is 13.9 Å². The van der Waals surface area contributed by atoms with E-state index in [1.54, 1.807) is 12.1 Å². The molecule has 0 aromatic heterocycles. The molecule has 1 aliphatic heterocycles. The highest BCUT2D eigenvalue weighted by Gasteiger charge is 2.23. The van der Waals surface area contributed by atoms with Gasteiger partial charge in [-0.2, -0.15) is 0 Å². The van der Waals surface area contributed by atoms with Gasteiger partial charge in [0.25, 0.3) is 0 Å². The summed E-state index contributed by atoms with van der Waals surface area (Å²) in [6.45, 7) is 2.14. The summed E-state index contributed by atoms with van der Waals surface area (Å²) < 4.78 is 18.9. The van der Waals surface area contributed by atoms with Gasteiger partial charge in [0.2, 0.25) is 5.91 Å². The summed E-state index contributed by atoms with van der Waals surface area (Å²) in [6.07, 6.45) is -0.148. The number of benzene rings is 3. The molecule has 3 aromatic carbocycles. The molecule has 0 saturated carbocycles. The van der Waals surface area contributed by atoms with Crippen LogP contribution in [0.15, 0.2) is 66.7 Å². The van der Waals surface area contributed by atoms with Crippen LogP contribution in [0.4, 0.5) is 10.1 Å². The Labute approximate surface area is 157 Å². The summed E-state index contributed by atoms with van der Waals surface area (Å²) in [7, 11) is 0. The van der Waals surface area contributed by atoms with E-state index < -0.39 is 0 Å². The third-order valence-electron chi connectivity index (χ3n) is 4.82. The number of amides is 1. The normalized spacial score (nSPS) is 17.7. The van der Waals surface area contributed by atoms with Gasteiger partial charge in [0.05, 0.1) is 19.3 Å². The number of carbonyl (C=O) groups is 1. The van der Waals surface area contributed by atoms with E-state index in [0.29, 0.717) is 26.2 Å². The van der Waals surface area contributed by atoms with Gasteiger partial charge in [-0.05, 0) is 29.1 Å². The summed E-state index contributed by atoms with van der Waals surface area (Å²) in [5.41, 5.74) is 1.75. The van der Waals surface area contributed by atoms with Crippen molar-refractivity contribution in [3.63, 3.8) is 0 Å². The molecule has 0 radical (unpaired) electrons. The first kappa shape index (κ1) is 17.6. The maximum Gasteiger partial charge on any atom is 0.238 e. The number of morpholine rings is 1. The first-order chi connectivity index (χ1) is 13.2. The number of anilines is 1. The third kappa shape index (κ3) is 4.15. The van der Waals surface area contributed by atoms with Gasteiger partial charge in [0.15, 0.2) is 0 Å². The summed E-state index contributed by atoms with van der Waals surface area (Å²) in [6, 6.07) is 20.2. The molecule has 1 aliphatic rings. The number of hydrogen-bond donors (Lipinski definition) is 1. The van der Waals surface area contributed by atoms with Gasteiger partial charge >= 0.3 is 0 Å². The van der Waals surface area contributed by atoms with E-state index in [-0.39, 0.29) is 17.8 Å². The summed E-state index contributed by atoms with van der Waals surface area (Å²) >= 11 is 0. The zero-order chi connectivity index (χ0) is 18.6. The smallest absolute Gasteiger partial charge is 0.238 e. The number of hydrogen-bond acceptors (Lipinski definition) is 3. The zero-order valence-electron chi connectivity index (χ0n) is 14.9. The van der Waals surface area contributed by atoms with Crippen molar-refractivity contribution in [2.24, 2.45) is 0 Å². The molecule has 138 valence electrons. The fourth-order valence-corrected chi connectivity index (χ4v) is 3.45. The molecule has 27 heavy (non-hydrogen) atoms. The van der Waals surface area contributed by atoms with E-state index >= 15 is 0 Å². The van der Waals surface area contributed by atoms with Crippen LogP contribution in [0.1, 0.15) is 11.7 Å². The summed E-state index contributed by atoms with van der Waals surface area (Å²) in [5.74, 6) is -0.313. The molecule has 3 aromatic rings. The van der Waals surface area contributed by atoms with Crippen LogP contribution in [0.3, 0.4) is 0 Å². The first-order valence-corrected chi connectivity index (χ1v) is 9.06. The minimum absolute atomic E-state index is 0.0499. The van der Waals surface area contributed by atoms with Crippen LogP contribution >= 0.6 is 0 Å². The molecule has 0 bridgehead atoms. The molecule has 0 aliphatic carbocycles. The molecule has 1 amide bonds. The largest absolute Gasteiger partial charge is 0.371 e. The average molecular weight is 364 g/mol. The molecule has 1 atom stereocenters. The van der Waals surface area contributed by atoms with Crippen LogP contribution in [0, 0.1) is 5.82 Å². The Hall–Kier alpha value is -2.76. The van der Waals surface area contributed by atoms with E-state index in [1.807, 2.05) is 42.5 Å². The minimum Gasteiger partial charge on any atom is -0.371 e. The second-order valence-corrected chi connectivity index (χ2v) is 6.72. The van der Waals surface area contributed by atoms with Crippen LogP contribution in [0.2, 0.25) is 0 Å². The van der Waals surface area contributed by atoms with Crippen molar-refractivity contribution in [1.29, 1.82) is 0 Å². The predicted molar refractivity (Wildman–Crippen MR) is 104 cm³/mol. The average Bonchev–Trinajstić information content (AvgIpc) is 2.69. The molecular weight excluding hydrogens is 343 g/mol. The number of rotatable bonds is 4. The molecule has 1 saturated heterocycles. The number of halogens is 1.